The number of aryl methyl sites for hydroxylation is 1. The van der Waals surface area contributed by atoms with Crippen molar-refractivity contribution in [1.82, 2.24) is 14.5 Å². The van der Waals surface area contributed by atoms with E-state index in [9.17, 15) is 0 Å². The molecule has 2 heterocycles. The van der Waals surface area contributed by atoms with Crippen LogP contribution in [0.1, 0.15) is 38.6 Å². The van der Waals surface area contributed by atoms with Crippen LogP contribution in [-0.2, 0) is 6.42 Å². The second kappa shape index (κ2) is 5.89. The van der Waals surface area contributed by atoms with E-state index in [1.165, 1.54) is 0 Å². The van der Waals surface area contributed by atoms with Crippen LogP contribution in [-0.4, -0.2) is 20.4 Å². The van der Waals surface area contributed by atoms with E-state index in [0.29, 0.717) is 16.9 Å². The van der Waals surface area contributed by atoms with Crippen LogP contribution in [0.5, 0.6) is 0 Å². The molecular formula is C13H17Cl2N3. The van der Waals surface area contributed by atoms with Crippen molar-refractivity contribution in [3.63, 3.8) is 0 Å². The summed E-state index contributed by atoms with van der Waals surface area (Å²) in [6.45, 7) is 4.37. The predicted octanol–water partition coefficient (Wildman–Crippen LogP) is 4.23. The number of imidazole rings is 1. The molecule has 0 spiro atoms. The van der Waals surface area contributed by atoms with Gasteiger partial charge in [0.15, 0.2) is 5.65 Å². The quantitative estimate of drug-likeness (QED) is 0.770. The number of nitrogens with zero attached hydrogens (tertiary/aromatic N) is 3. The fourth-order valence-corrected chi connectivity index (χ4v) is 2.60. The van der Waals surface area contributed by atoms with Crippen LogP contribution >= 0.6 is 23.2 Å². The van der Waals surface area contributed by atoms with Crippen LogP contribution in [0.15, 0.2) is 12.3 Å². The maximum Gasteiger partial charge on any atom is 0.160 e. The first-order chi connectivity index (χ1) is 8.67. The van der Waals surface area contributed by atoms with E-state index >= 15 is 0 Å². The summed E-state index contributed by atoms with van der Waals surface area (Å²) in [6, 6.07) is 2.24. The number of fused-ring (bicyclic) bond motifs is 1. The third-order valence-corrected chi connectivity index (χ3v) is 3.43. The van der Waals surface area contributed by atoms with Crippen LogP contribution in [0.4, 0.5) is 0 Å². The Hall–Kier alpha value is -0.800. The fraction of sp³-hybridized carbons (Fsp3) is 0.538. The lowest BCUT2D eigenvalue weighted by Gasteiger charge is -2.15. The summed E-state index contributed by atoms with van der Waals surface area (Å²) in [5.74, 6) is 1.56. The van der Waals surface area contributed by atoms with E-state index in [2.05, 4.69) is 28.4 Å². The summed E-state index contributed by atoms with van der Waals surface area (Å²) < 4.78 is 2.19. The van der Waals surface area contributed by atoms with Gasteiger partial charge in [0, 0.05) is 24.5 Å². The lowest BCUT2D eigenvalue weighted by atomic mass is 10.2. The highest BCUT2D eigenvalue weighted by atomic mass is 35.5. The van der Waals surface area contributed by atoms with Gasteiger partial charge in [0.2, 0.25) is 0 Å². The number of aromatic nitrogens is 3. The van der Waals surface area contributed by atoms with Gasteiger partial charge in [-0.3, -0.25) is 0 Å². The number of hydrogen-bond donors (Lipinski definition) is 0. The molecule has 2 aromatic rings. The topological polar surface area (TPSA) is 30.7 Å². The Kier molecular flexibility index (Phi) is 4.46. The van der Waals surface area contributed by atoms with Crippen LogP contribution in [0.25, 0.3) is 11.2 Å². The normalized spacial score (nSPS) is 13.1. The van der Waals surface area contributed by atoms with Gasteiger partial charge in [-0.05, 0) is 19.4 Å². The largest absolute Gasteiger partial charge is 0.310 e. The van der Waals surface area contributed by atoms with Crippen LogP contribution in [0.3, 0.4) is 0 Å². The maximum atomic E-state index is 5.96. The standard InChI is InChI=1S/C13H17Cl2N3/c1-3-4-9(2)18-12(5-6-14)17-11-7-10(15)8-16-13(11)18/h7-9H,3-6H2,1-2H3. The second-order valence-corrected chi connectivity index (χ2v) is 5.29. The monoisotopic (exact) mass is 285 g/mol. The zero-order chi connectivity index (χ0) is 13.1. The molecule has 0 N–H and O–H groups in total. The Labute approximate surface area is 117 Å². The number of halogens is 2. The minimum absolute atomic E-state index is 0.381. The maximum absolute atomic E-state index is 5.96. The highest BCUT2D eigenvalue weighted by Crippen LogP contribution is 2.24. The van der Waals surface area contributed by atoms with Gasteiger partial charge < -0.3 is 4.57 Å². The zero-order valence-corrected chi connectivity index (χ0v) is 12.2. The number of rotatable bonds is 5. The molecular weight excluding hydrogens is 269 g/mol. The van der Waals surface area contributed by atoms with Crippen molar-refractivity contribution in [2.24, 2.45) is 0 Å². The second-order valence-electron chi connectivity index (χ2n) is 4.47. The first-order valence-electron chi connectivity index (χ1n) is 6.25. The minimum Gasteiger partial charge on any atom is -0.310 e. The van der Waals surface area contributed by atoms with Gasteiger partial charge in [0.25, 0.3) is 0 Å². The van der Waals surface area contributed by atoms with Gasteiger partial charge in [-0.1, -0.05) is 24.9 Å². The van der Waals surface area contributed by atoms with Gasteiger partial charge in [0.05, 0.1) is 5.02 Å². The summed E-state index contributed by atoms with van der Waals surface area (Å²) in [4.78, 5) is 9.01. The molecule has 0 bridgehead atoms. The molecule has 98 valence electrons. The predicted molar refractivity (Wildman–Crippen MR) is 76.6 cm³/mol. The third-order valence-electron chi connectivity index (χ3n) is 3.03. The van der Waals surface area contributed by atoms with E-state index < -0.39 is 0 Å². The number of hydrogen-bond acceptors (Lipinski definition) is 2. The van der Waals surface area contributed by atoms with Crippen LogP contribution in [0, 0.1) is 0 Å². The smallest absolute Gasteiger partial charge is 0.160 e. The SMILES string of the molecule is CCCC(C)n1c(CCCl)nc2cc(Cl)cnc21. The zero-order valence-electron chi connectivity index (χ0n) is 10.7. The molecule has 2 aromatic heterocycles. The lowest BCUT2D eigenvalue weighted by molar-refractivity contribution is 0.493. The van der Waals surface area contributed by atoms with E-state index in [1.807, 2.05) is 6.07 Å². The first-order valence-corrected chi connectivity index (χ1v) is 7.17. The highest BCUT2D eigenvalue weighted by Gasteiger charge is 2.16. The van der Waals surface area contributed by atoms with Crippen LogP contribution < -0.4 is 0 Å². The summed E-state index contributed by atoms with van der Waals surface area (Å²) in [7, 11) is 0. The van der Waals surface area contributed by atoms with Gasteiger partial charge in [-0.25, -0.2) is 9.97 Å². The molecule has 0 aliphatic rings. The molecule has 0 amide bonds. The molecule has 1 unspecified atom stereocenters. The molecule has 18 heavy (non-hydrogen) atoms. The van der Waals surface area contributed by atoms with Gasteiger partial charge in [-0.2, -0.15) is 0 Å². The average molecular weight is 286 g/mol. The Morgan fingerprint density at radius 1 is 1.44 bits per heavy atom. The Morgan fingerprint density at radius 3 is 2.89 bits per heavy atom. The fourth-order valence-electron chi connectivity index (χ4n) is 2.28. The van der Waals surface area contributed by atoms with E-state index in [0.717, 1.165) is 36.3 Å². The third kappa shape index (κ3) is 2.62. The molecule has 3 nitrogen and oxygen atoms in total. The summed E-state index contributed by atoms with van der Waals surface area (Å²) in [5, 5.41) is 0.618. The Bertz CT molecular complexity index is 536. The molecule has 5 heteroatoms. The molecule has 0 radical (unpaired) electrons. The molecule has 0 aliphatic heterocycles. The Balaban J connectivity index is 2.54. The lowest BCUT2D eigenvalue weighted by Crippen LogP contribution is -2.10. The molecule has 0 aliphatic carbocycles. The minimum atomic E-state index is 0.381. The number of alkyl halides is 1. The van der Waals surface area contributed by atoms with Crippen LogP contribution in [0.2, 0.25) is 5.02 Å². The van der Waals surface area contributed by atoms with E-state index in [-0.39, 0.29) is 0 Å². The summed E-state index contributed by atoms with van der Waals surface area (Å²) >= 11 is 11.8. The molecule has 0 fully saturated rings. The van der Waals surface area contributed by atoms with Gasteiger partial charge >= 0.3 is 0 Å². The highest BCUT2D eigenvalue weighted by molar-refractivity contribution is 6.31. The van der Waals surface area contributed by atoms with Gasteiger partial charge in [-0.15, -0.1) is 11.6 Å². The molecule has 0 saturated heterocycles. The molecule has 2 rings (SSSR count). The van der Waals surface area contributed by atoms with Crippen molar-refractivity contribution >= 4 is 34.4 Å². The molecule has 0 saturated carbocycles. The van der Waals surface area contributed by atoms with Gasteiger partial charge in [0.1, 0.15) is 11.3 Å². The molecule has 1 atom stereocenters. The van der Waals surface area contributed by atoms with E-state index in [1.54, 1.807) is 6.20 Å². The van der Waals surface area contributed by atoms with Crippen molar-refractivity contribution in [2.45, 2.75) is 39.2 Å². The van der Waals surface area contributed by atoms with Crippen molar-refractivity contribution in [3.05, 3.63) is 23.1 Å². The average Bonchev–Trinajstić information content (AvgIpc) is 2.67. The van der Waals surface area contributed by atoms with Crippen molar-refractivity contribution < 1.29 is 0 Å². The Morgan fingerprint density at radius 2 is 2.22 bits per heavy atom. The van der Waals surface area contributed by atoms with E-state index in [4.69, 9.17) is 23.2 Å². The molecule has 0 aromatic carbocycles. The summed E-state index contributed by atoms with van der Waals surface area (Å²) in [5.41, 5.74) is 1.76. The first kappa shape index (κ1) is 13.6. The number of pyridine rings is 1. The van der Waals surface area contributed by atoms with Crippen molar-refractivity contribution in [2.75, 3.05) is 5.88 Å². The van der Waals surface area contributed by atoms with Crippen molar-refractivity contribution in [3.8, 4) is 0 Å². The summed E-state index contributed by atoms with van der Waals surface area (Å²) in [6.07, 6.45) is 4.66. The van der Waals surface area contributed by atoms with Crippen molar-refractivity contribution in [1.29, 1.82) is 0 Å².